The summed E-state index contributed by atoms with van der Waals surface area (Å²) in [5.41, 5.74) is 0. The third-order valence-electron chi connectivity index (χ3n) is 3.65. The molecular formula is C13H22N2O3S. The summed E-state index contributed by atoms with van der Waals surface area (Å²) in [4.78, 5) is 13.2. The maximum absolute atomic E-state index is 12.1. The number of nitrogens with zero attached hydrogens (tertiary/aromatic N) is 2. The van der Waals surface area contributed by atoms with Crippen LogP contribution in [0.15, 0.2) is 0 Å². The Bertz CT molecular complexity index is 433. The van der Waals surface area contributed by atoms with E-state index in [-0.39, 0.29) is 29.8 Å². The molecule has 1 fully saturated rings. The van der Waals surface area contributed by atoms with Crippen molar-refractivity contribution in [3.05, 3.63) is 0 Å². The predicted octanol–water partition coefficient (Wildman–Crippen LogP) is 1.50. The van der Waals surface area contributed by atoms with Gasteiger partial charge in [-0.3, -0.25) is 4.79 Å². The van der Waals surface area contributed by atoms with Crippen molar-refractivity contribution < 1.29 is 13.2 Å². The fraction of sp³-hybridized carbons (Fsp3) is 0.846. The molecule has 0 saturated heterocycles. The van der Waals surface area contributed by atoms with Gasteiger partial charge in [0.1, 0.15) is 0 Å². The molecule has 1 saturated carbocycles. The van der Waals surface area contributed by atoms with Crippen LogP contribution in [0.5, 0.6) is 0 Å². The first kappa shape index (κ1) is 16.0. The van der Waals surface area contributed by atoms with E-state index in [2.05, 4.69) is 0 Å². The third kappa shape index (κ3) is 5.19. The molecule has 0 aromatic rings. The van der Waals surface area contributed by atoms with E-state index in [9.17, 15) is 13.2 Å². The molecule has 1 amide bonds. The standard InChI is InChI=1S/C13H22N2O3S/c1-15(10-5-9-14)13(16)8-11-19(17,18)12-6-3-2-4-7-12/h12H,2-8,10-11H2,1H3. The summed E-state index contributed by atoms with van der Waals surface area (Å²) >= 11 is 0. The number of carbonyl (C=O) groups is 1. The van der Waals surface area contributed by atoms with E-state index >= 15 is 0 Å². The van der Waals surface area contributed by atoms with Crippen LogP contribution in [0.3, 0.4) is 0 Å². The van der Waals surface area contributed by atoms with Gasteiger partial charge < -0.3 is 4.90 Å². The SMILES string of the molecule is CN(CCC#N)C(=O)CCS(=O)(=O)C1CCCCC1. The summed E-state index contributed by atoms with van der Waals surface area (Å²) in [5, 5.41) is 8.19. The van der Waals surface area contributed by atoms with Crippen LogP contribution in [0.1, 0.15) is 44.9 Å². The smallest absolute Gasteiger partial charge is 0.223 e. The van der Waals surface area contributed by atoms with E-state index in [0.29, 0.717) is 6.54 Å². The van der Waals surface area contributed by atoms with Crippen molar-refractivity contribution in [2.75, 3.05) is 19.3 Å². The topological polar surface area (TPSA) is 78.2 Å². The van der Waals surface area contributed by atoms with Crippen LogP contribution < -0.4 is 0 Å². The van der Waals surface area contributed by atoms with Gasteiger partial charge in [0.2, 0.25) is 5.91 Å². The van der Waals surface area contributed by atoms with E-state index in [4.69, 9.17) is 5.26 Å². The van der Waals surface area contributed by atoms with Gasteiger partial charge in [0.25, 0.3) is 0 Å². The summed E-state index contributed by atoms with van der Waals surface area (Å²) in [6.07, 6.45) is 4.83. The van der Waals surface area contributed by atoms with Crippen molar-refractivity contribution >= 4 is 15.7 Å². The fourth-order valence-corrected chi connectivity index (χ4v) is 4.20. The maximum Gasteiger partial charge on any atom is 0.223 e. The molecule has 0 N–H and O–H groups in total. The molecule has 1 aliphatic carbocycles. The van der Waals surface area contributed by atoms with E-state index in [1.807, 2.05) is 6.07 Å². The van der Waals surface area contributed by atoms with Gasteiger partial charge in [-0.15, -0.1) is 0 Å². The fourth-order valence-electron chi connectivity index (χ4n) is 2.35. The Hall–Kier alpha value is -1.09. The zero-order valence-electron chi connectivity index (χ0n) is 11.5. The van der Waals surface area contributed by atoms with Crippen LogP contribution in [-0.4, -0.2) is 43.8 Å². The van der Waals surface area contributed by atoms with Crippen molar-refractivity contribution in [3.8, 4) is 6.07 Å². The Morgan fingerprint density at radius 1 is 1.32 bits per heavy atom. The molecule has 19 heavy (non-hydrogen) atoms. The van der Waals surface area contributed by atoms with Crippen LogP contribution in [0, 0.1) is 11.3 Å². The third-order valence-corrected chi connectivity index (χ3v) is 5.91. The van der Waals surface area contributed by atoms with Crippen molar-refractivity contribution in [3.63, 3.8) is 0 Å². The monoisotopic (exact) mass is 286 g/mol. The number of carbonyl (C=O) groups excluding carboxylic acids is 1. The van der Waals surface area contributed by atoms with Gasteiger partial charge in [-0.05, 0) is 12.8 Å². The number of rotatable bonds is 6. The highest BCUT2D eigenvalue weighted by Gasteiger charge is 2.27. The second-order valence-corrected chi connectivity index (χ2v) is 7.50. The summed E-state index contributed by atoms with van der Waals surface area (Å²) < 4.78 is 24.2. The second-order valence-electron chi connectivity index (χ2n) is 5.10. The minimum Gasteiger partial charge on any atom is -0.345 e. The zero-order chi connectivity index (χ0) is 14.3. The molecule has 0 aromatic carbocycles. The Balaban J connectivity index is 2.42. The van der Waals surface area contributed by atoms with Crippen LogP contribution in [0.2, 0.25) is 0 Å². The summed E-state index contributed by atoms with van der Waals surface area (Å²) in [6, 6.07) is 1.97. The molecule has 0 unspecified atom stereocenters. The average Bonchev–Trinajstić information content (AvgIpc) is 2.43. The highest BCUT2D eigenvalue weighted by Crippen LogP contribution is 2.24. The van der Waals surface area contributed by atoms with Gasteiger partial charge in [-0.25, -0.2) is 8.42 Å². The quantitative estimate of drug-likeness (QED) is 0.741. The second kappa shape index (κ2) is 7.49. The van der Waals surface area contributed by atoms with Gasteiger partial charge in [0.15, 0.2) is 9.84 Å². The van der Waals surface area contributed by atoms with E-state index < -0.39 is 9.84 Å². The van der Waals surface area contributed by atoms with Crippen molar-refractivity contribution in [1.29, 1.82) is 5.26 Å². The maximum atomic E-state index is 12.1. The molecule has 0 bridgehead atoms. The lowest BCUT2D eigenvalue weighted by Gasteiger charge is -2.22. The Morgan fingerprint density at radius 3 is 2.53 bits per heavy atom. The summed E-state index contributed by atoms with van der Waals surface area (Å²) in [7, 11) is -1.54. The molecule has 0 atom stereocenters. The number of hydrogen-bond acceptors (Lipinski definition) is 4. The lowest BCUT2D eigenvalue weighted by molar-refractivity contribution is -0.129. The van der Waals surface area contributed by atoms with Gasteiger partial charge in [-0.1, -0.05) is 19.3 Å². The first-order chi connectivity index (χ1) is 8.97. The Kier molecular flexibility index (Phi) is 6.29. The first-order valence-corrected chi connectivity index (χ1v) is 8.51. The average molecular weight is 286 g/mol. The van der Waals surface area contributed by atoms with Crippen molar-refractivity contribution in [1.82, 2.24) is 4.90 Å². The molecule has 108 valence electrons. The highest BCUT2D eigenvalue weighted by atomic mass is 32.2. The van der Waals surface area contributed by atoms with E-state index in [1.165, 1.54) is 4.90 Å². The molecular weight excluding hydrogens is 264 g/mol. The molecule has 1 rings (SSSR count). The minimum atomic E-state index is -3.14. The highest BCUT2D eigenvalue weighted by molar-refractivity contribution is 7.92. The Labute approximate surface area is 115 Å². The first-order valence-electron chi connectivity index (χ1n) is 6.80. The molecule has 1 aliphatic rings. The zero-order valence-corrected chi connectivity index (χ0v) is 12.3. The van der Waals surface area contributed by atoms with Crippen LogP contribution in [0.25, 0.3) is 0 Å². The molecule has 0 radical (unpaired) electrons. The van der Waals surface area contributed by atoms with Crippen LogP contribution in [0.4, 0.5) is 0 Å². The number of sulfone groups is 1. The van der Waals surface area contributed by atoms with Gasteiger partial charge in [0, 0.05) is 20.0 Å². The normalized spacial score (nSPS) is 16.8. The van der Waals surface area contributed by atoms with Crippen LogP contribution >= 0.6 is 0 Å². The van der Waals surface area contributed by atoms with E-state index in [1.54, 1.807) is 7.05 Å². The molecule has 5 nitrogen and oxygen atoms in total. The predicted molar refractivity (Wildman–Crippen MR) is 73.1 cm³/mol. The van der Waals surface area contributed by atoms with Crippen LogP contribution in [-0.2, 0) is 14.6 Å². The van der Waals surface area contributed by atoms with E-state index in [0.717, 1.165) is 32.1 Å². The number of amides is 1. The molecule has 0 heterocycles. The van der Waals surface area contributed by atoms with Gasteiger partial charge in [-0.2, -0.15) is 5.26 Å². The summed E-state index contributed by atoms with van der Waals surface area (Å²) in [5.74, 6) is -0.262. The molecule has 6 heteroatoms. The lowest BCUT2D eigenvalue weighted by atomic mass is 10.0. The van der Waals surface area contributed by atoms with Gasteiger partial charge in [0.05, 0.1) is 23.5 Å². The minimum absolute atomic E-state index is 0.0285. The number of hydrogen-bond donors (Lipinski definition) is 0. The van der Waals surface area contributed by atoms with Crippen molar-refractivity contribution in [2.24, 2.45) is 0 Å². The Morgan fingerprint density at radius 2 is 1.95 bits per heavy atom. The summed E-state index contributed by atoms with van der Waals surface area (Å²) in [6.45, 7) is 0.360. The molecule has 0 aromatic heterocycles. The van der Waals surface area contributed by atoms with Gasteiger partial charge >= 0.3 is 0 Å². The lowest BCUT2D eigenvalue weighted by Crippen LogP contribution is -2.32. The number of nitriles is 1. The van der Waals surface area contributed by atoms with Crippen molar-refractivity contribution in [2.45, 2.75) is 50.2 Å². The largest absolute Gasteiger partial charge is 0.345 e. The molecule has 0 spiro atoms. The molecule has 0 aliphatic heterocycles.